The lowest BCUT2D eigenvalue weighted by molar-refractivity contribution is -0.143. The first-order chi connectivity index (χ1) is 10.0. The molecule has 112 valence electrons. The molecule has 0 fully saturated rings. The highest BCUT2D eigenvalue weighted by Crippen LogP contribution is 2.18. The van der Waals surface area contributed by atoms with Gasteiger partial charge in [0.05, 0.1) is 12.6 Å². The molecule has 0 spiro atoms. The summed E-state index contributed by atoms with van der Waals surface area (Å²) < 4.78 is 0. The van der Waals surface area contributed by atoms with E-state index >= 15 is 0 Å². The molecule has 1 amide bonds. The van der Waals surface area contributed by atoms with E-state index in [1.54, 1.807) is 6.20 Å². The molecule has 0 bridgehead atoms. The number of carboxylic acids is 1. The molecule has 1 aromatic carbocycles. The van der Waals surface area contributed by atoms with Gasteiger partial charge in [0.15, 0.2) is 0 Å². The normalized spacial score (nSPS) is 13.8. The van der Waals surface area contributed by atoms with Gasteiger partial charge in [-0.25, -0.2) is 4.79 Å². The van der Waals surface area contributed by atoms with Gasteiger partial charge in [-0.15, -0.1) is 0 Å². The lowest BCUT2D eigenvalue weighted by atomic mass is 10.0. The summed E-state index contributed by atoms with van der Waals surface area (Å²) in [7, 11) is 0. The lowest BCUT2D eigenvalue weighted by Crippen LogP contribution is -2.50. The number of aromatic amines is 1. The molecule has 6 N–H and O–H groups in total. The fourth-order valence-corrected chi connectivity index (χ4v) is 2.09. The number of fused-ring (bicyclic) bond motifs is 1. The molecule has 0 unspecified atom stereocenters. The van der Waals surface area contributed by atoms with E-state index in [0.717, 1.165) is 16.5 Å². The summed E-state index contributed by atoms with van der Waals surface area (Å²) in [6.45, 7) is -0.680. The van der Waals surface area contributed by atoms with Crippen LogP contribution < -0.4 is 11.1 Å². The predicted octanol–water partition coefficient (Wildman–Crippen LogP) is -0.401. The summed E-state index contributed by atoms with van der Waals surface area (Å²) in [4.78, 5) is 25.7. The highest BCUT2D eigenvalue weighted by molar-refractivity contribution is 5.88. The fourth-order valence-electron chi connectivity index (χ4n) is 2.09. The van der Waals surface area contributed by atoms with E-state index in [1.807, 2.05) is 24.3 Å². The van der Waals surface area contributed by atoms with Crippen LogP contribution in [-0.4, -0.2) is 45.8 Å². The first-order valence-electron chi connectivity index (χ1n) is 6.47. The molecule has 0 saturated carbocycles. The summed E-state index contributed by atoms with van der Waals surface area (Å²) in [6, 6.07) is 5.38. The molecular formula is C14H17N3O4. The van der Waals surface area contributed by atoms with E-state index < -0.39 is 30.6 Å². The van der Waals surface area contributed by atoms with Crippen molar-refractivity contribution < 1.29 is 19.8 Å². The van der Waals surface area contributed by atoms with Crippen molar-refractivity contribution in [2.24, 2.45) is 5.73 Å². The van der Waals surface area contributed by atoms with Crippen LogP contribution in [0.3, 0.4) is 0 Å². The number of rotatable bonds is 6. The first kappa shape index (κ1) is 15.0. The molecule has 2 aromatic rings. The average Bonchev–Trinajstić information content (AvgIpc) is 2.87. The van der Waals surface area contributed by atoms with Crippen LogP contribution in [0.15, 0.2) is 30.5 Å². The van der Waals surface area contributed by atoms with Crippen LogP contribution in [0.5, 0.6) is 0 Å². The maximum absolute atomic E-state index is 11.9. The minimum atomic E-state index is -1.34. The summed E-state index contributed by atoms with van der Waals surface area (Å²) in [5.74, 6) is -1.91. The van der Waals surface area contributed by atoms with Crippen molar-refractivity contribution >= 4 is 22.8 Å². The average molecular weight is 291 g/mol. The second-order valence-electron chi connectivity index (χ2n) is 4.75. The summed E-state index contributed by atoms with van der Waals surface area (Å²) in [6.07, 6.45) is 2.05. The van der Waals surface area contributed by atoms with Crippen molar-refractivity contribution in [3.05, 3.63) is 36.0 Å². The zero-order valence-electron chi connectivity index (χ0n) is 11.2. The number of carbonyl (C=O) groups is 2. The number of hydrogen-bond donors (Lipinski definition) is 5. The van der Waals surface area contributed by atoms with Crippen LogP contribution in [-0.2, 0) is 16.0 Å². The number of nitrogens with two attached hydrogens (primary N) is 1. The number of nitrogens with one attached hydrogen (secondary N) is 2. The zero-order valence-corrected chi connectivity index (χ0v) is 11.2. The number of aromatic nitrogens is 1. The van der Waals surface area contributed by atoms with Crippen LogP contribution in [0, 0.1) is 0 Å². The molecular weight excluding hydrogens is 274 g/mol. The smallest absolute Gasteiger partial charge is 0.328 e. The summed E-state index contributed by atoms with van der Waals surface area (Å²) in [5.41, 5.74) is 7.62. The number of carboxylic acid groups (broad SMARTS) is 1. The van der Waals surface area contributed by atoms with E-state index in [4.69, 9.17) is 15.9 Å². The van der Waals surface area contributed by atoms with Crippen molar-refractivity contribution in [1.82, 2.24) is 10.3 Å². The van der Waals surface area contributed by atoms with Gasteiger partial charge in [-0.1, -0.05) is 18.2 Å². The third-order valence-electron chi connectivity index (χ3n) is 3.25. The summed E-state index contributed by atoms with van der Waals surface area (Å²) >= 11 is 0. The molecule has 0 aliphatic carbocycles. The van der Waals surface area contributed by atoms with Crippen molar-refractivity contribution in [2.75, 3.05) is 6.61 Å². The Morgan fingerprint density at radius 1 is 1.33 bits per heavy atom. The quantitative estimate of drug-likeness (QED) is 0.494. The number of benzene rings is 1. The largest absolute Gasteiger partial charge is 0.480 e. The second-order valence-corrected chi connectivity index (χ2v) is 4.75. The van der Waals surface area contributed by atoms with Gasteiger partial charge in [-0.3, -0.25) is 4.79 Å². The zero-order chi connectivity index (χ0) is 15.4. The van der Waals surface area contributed by atoms with Gasteiger partial charge in [-0.05, 0) is 18.1 Å². The van der Waals surface area contributed by atoms with Crippen LogP contribution in [0.4, 0.5) is 0 Å². The van der Waals surface area contributed by atoms with Crippen LogP contribution >= 0.6 is 0 Å². The number of carbonyl (C=O) groups excluding carboxylic acids is 1. The Labute approximate surface area is 120 Å². The van der Waals surface area contributed by atoms with Gasteiger partial charge >= 0.3 is 5.97 Å². The number of hydrogen-bond acceptors (Lipinski definition) is 4. The molecule has 2 rings (SSSR count). The monoisotopic (exact) mass is 291 g/mol. The number of aliphatic carboxylic acids is 1. The molecule has 0 radical (unpaired) electrons. The maximum Gasteiger partial charge on any atom is 0.328 e. The number of amides is 1. The van der Waals surface area contributed by atoms with E-state index in [9.17, 15) is 9.59 Å². The topological polar surface area (TPSA) is 128 Å². The van der Waals surface area contributed by atoms with E-state index in [1.165, 1.54) is 0 Å². The van der Waals surface area contributed by atoms with Gasteiger partial charge in [0.1, 0.15) is 6.04 Å². The Bertz CT molecular complexity index is 652. The highest BCUT2D eigenvalue weighted by atomic mass is 16.4. The Morgan fingerprint density at radius 3 is 2.71 bits per heavy atom. The molecule has 7 nitrogen and oxygen atoms in total. The van der Waals surface area contributed by atoms with Crippen molar-refractivity contribution in [3.63, 3.8) is 0 Å². The fraction of sp³-hybridized carbons (Fsp3) is 0.286. The Morgan fingerprint density at radius 2 is 2.05 bits per heavy atom. The standard InChI is InChI=1S/C14H17N3O4/c15-10(13(19)17-12(7-18)14(20)21)5-8-6-16-11-4-2-1-3-9(8)11/h1-4,6,10,12,16,18H,5,7,15H2,(H,17,19)(H,20,21)/t10-,12-/m1/s1. The SMILES string of the molecule is N[C@H](Cc1c[nH]c2ccccc12)C(=O)N[C@H](CO)C(=O)O. The van der Waals surface area contributed by atoms with Crippen LogP contribution in [0.25, 0.3) is 10.9 Å². The number of aliphatic hydroxyl groups excluding tert-OH is 1. The number of H-pyrrole nitrogens is 1. The second kappa shape index (κ2) is 6.38. The highest BCUT2D eigenvalue weighted by Gasteiger charge is 2.23. The molecule has 1 aromatic heterocycles. The molecule has 21 heavy (non-hydrogen) atoms. The molecule has 7 heteroatoms. The third kappa shape index (κ3) is 3.39. The first-order valence-corrected chi connectivity index (χ1v) is 6.47. The Balaban J connectivity index is 2.05. The maximum atomic E-state index is 11.9. The van der Waals surface area contributed by atoms with Crippen LogP contribution in [0.1, 0.15) is 5.56 Å². The Hall–Kier alpha value is -2.38. The summed E-state index contributed by atoms with van der Waals surface area (Å²) in [5, 5.41) is 20.8. The van der Waals surface area contributed by atoms with Gasteiger partial charge in [0, 0.05) is 17.1 Å². The third-order valence-corrected chi connectivity index (χ3v) is 3.25. The van der Waals surface area contributed by atoms with E-state index in [-0.39, 0.29) is 6.42 Å². The number of para-hydroxylation sites is 1. The van der Waals surface area contributed by atoms with Crippen molar-refractivity contribution in [2.45, 2.75) is 18.5 Å². The van der Waals surface area contributed by atoms with Gasteiger partial charge in [0.25, 0.3) is 0 Å². The predicted molar refractivity (Wildman–Crippen MR) is 76.6 cm³/mol. The van der Waals surface area contributed by atoms with Gasteiger partial charge in [0.2, 0.25) is 5.91 Å². The van der Waals surface area contributed by atoms with Gasteiger partial charge < -0.3 is 26.2 Å². The molecule has 0 saturated heterocycles. The van der Waals surface area contributed by atoms with E-state index in [0.29, 0.717) is 0 Å². The van der Waals surface area contributed by atoms with E-state index in [2.05, 4.69) is 10.3 Å². The minimum Gasteiger partial charge on any atom is -0.480 e. The minimum absolute atomic E-state index is 0.271. The van der Waals surface area contributed by atoms with Crippen molar-refractivity contribution in [3.8, 4) is 0 Å². The Kier molecular flexibility index (Phi) is 4.56. The van der Waals surface area contributed by atoms with Gasteiger partial charge in [-0.2, -0.15) is 0 Å². The van der Waals surface area contributed by atoms with Crippen LogP contribution in [0.2, 0.25) is 0 Å². The molecule has 0 aliphatic rings. The number of aliphatic hydroxyl groups is 1. The molecule has 0 aliphatic heterocycles. The lowest BCUT2D eigenvalue weighted by Gasteiger charge is -2.15. The molecule has 1 heterocycles. The van der Waals surface area contributed by atoms with Crippen molar-refractivity contribution in [1.29, 1.82) is 0 Å². The molecule has 2 atom stereocenters.